The molecule has 0 fully saturated rings. The normalized spacial score (nSPS) is 13.2. The smallest absolute Gasteiger partial charge is 0.254 e. The van der Waals surface area contributed by atoms with Crippen LogP contribution in [0.15, 0.2) is 44.2 Å². The molecule has 0 aliphatic rings. The summed E-state index contributed by atoms with van der Waals surface area (Å²) in [6.07, 6.45) is -4.64. The van der Waals surface area contributed by atoms with Crippen molar-refractivity contribution in [2.24, 2.45) is 0 Å². The molecule has 0 radical (unpaired) electrons. The second-order valence-corrected chi connectivity index (χ2v) is 7.68. The van der Waals surface area contributed by atoms with Gasteiger partial charge in [0.05, 0.1) is 15.7 Å². The highest BCUT2D eigenvalue weighted by atomic mass is 79.9. The van der Waals surface area contributed by atoms with Crippen LogP contribution in [0.1, 0.15) is 0 Å². The molecule has 0 amide bonds. The predicted molar refractivity (Wildman–Crippen MR) is 84.5 cm³/mol. The quantitative estimate of drug-likeness (QED) is 0.508. The molecule has 1 nitrogen and oxygen atoms in total. The Kier molecular flexibility index (Phi) is 5.63. The van der Waals surface area contributed by atoms with Crippen molar-refractivity contribution in [3.8, 4) is 11.1 Å². The molecular weight excluding hydrogens is 471 g/mol. The third-order valence-electron chi connectivity index (χ3n) is 2.78. The molecule has 9 heteroatoms. The first-order valence-corrected chi connectivity index (χ1v) is 8.88. The van der Waals surface area contributed by atoms with Crippen LogP contribution in [0.2, 0.25) is 0 Å². The Balaban J connectivity index is 2.54. The zero-order chi connectivity index (χ0) is 17.4. The highest BCUT2D eigenvalue weighted by molar-refractivity contribution is 9.10. The summed E-state index contributed by atoms with van der Waals surface area (Å²) >= 11 is 5.95. The zero-order valence-corrected chi connectivity index (χ0v) is 15.0. The lowest BCUT2D eigenvalue weighted by Gasteiger charge is -2.12. The number of halogens is 7. The first kappa shape index (κ1) is 18.5. The van der Waals surface area contributed by atoms with E-state index in [0.29, 0.717) is 4.47 Å². The van der Waals surface area contributed by atoms with E-state index in [1.165, 1.54) is 12.1 Å². The molecule has 0 saturated carbocycles. The number of hydrogen-bond donors (Lipinski definition) is 0. The van der Waals surface area contributed by atoms with Gasteiger partial charge in [-0.2, -0.15) is 13.2 Å². The number of rotatable bonds is 3. The first-order chi connectivity index (χ1) is 10.6. The van der Waals surface area contributed by atoms with Crippen molar-refractivity contribution in [1.82, 2.24) is 0 Å². The van der Waals surface area contributed by atoms with Crippen molar-refractivity contribution in [2.45, 2.75) is 11.1 Å². The maximum absolute atomic E-state index is 14.1. The summed E-state index contributed by atoms with van der Waals surface area (Å²) in [6.45, 7) is 0. The van der Waals surface area contributed by atoms with Crippen molar-refractivity contribution in [3.63, 3.8) is 0 Å². The average molecular weight is 478 g/mol. The average Bonchev–Trinajstić information content (AvgIpc) is 2.37. The maximum atomic E-state index is 14.1. The molecular formula is C14H7Br2F5OS. The molecule has 2 aromatic rings. The van der Waals surface area contributed by atoms with Gasteiger partial charge in [0.2, 0.25) is 0 Å². The van der Waals surface area contributed by atoms with Gasteiger partial charge in [0.25, 0.3) is 0 Å². The fraction of sp³-hybridized carbons (Fsp3) is 0.143. The standard InChI is InChI=1S/C14H7Br2F5OS/c15-7-1-2-8(11(17)3-7)9-4-13(10(16)5-12(9)18)23(22)6-14(19,20)21/h1-5H,6H2/t23-/m1/s1. The van der Waals surface area contributed by atoms with Gasteiger partial charge in [0, 0.05) is 20.1 Å². The topological polar surface area (TPSA) is 17.1 Å². The summed E-state index contributed by atoms with van der Waals surface area (Å²) in [6, 6.07) is 5.69. The van der Waals surface area contributed by atoms with Gasteiger partial charge in [0.1, 0.15) is 17.4 Å². The molecule has 0 aliphatic carbocycles. The molecule has 2 aromatic carbocycles. The Morgan fingerprint density at radius 3 is 2.13 bits per heavy atom. The SMILES string of the molecule is O=[S@](CC(F)(F)F)c1cc(-c2ccc(Br)cc2F)c(F)cc1Br. The van der Waals surface area contributed by atoms with Crippen LogP contribution in [0.4, 0.5) is 22.0 Å². The second kappa shape index (κ2) is 6.98. The van der Waals surface area contributed by atoms with E-state index in [-0.39, 0.29) is 20.5 Å². The molecule has 23 heavy (non-hydrogen) atoms. The molecule has 1 atom stereocenters. The van der Waals surface area contributed by atoms with Crippen LogP contribution in [0.3, 0.4) is 0 Å². The van der Waals surface area contributed by atoms with E-state index in [1.54, 1.807) is 0 Å². The molecule has 0 aromatic heterocycles. The fourth-order valence-corrected chi connectivity index (χ4v) is 4.01. The van der Waals surface area contributed by atoms with E-state index in [2.05, 4.69) is 31.9 Å². The molecule has 0 saturated heterocycles. The minimum atomic E-state index is -4.64. The Labute approximate surface area is 147 Å². The van der Waals surface area contributed by atoms with Gasteiger partial charge in [-0.15, -0.1) is 0 Å². The summed E-state index contributed by atoms with van der Waals surface area (Å²) in [5.41, 5.74) is -0.396. The van der Waals surface area contributed by atoms with Crippen molar-refractivity contribution in [1.29, 1.82) is 0 Å². The van der Waals surface area contributed by atoms with Crippen LogP contribution in [0, 0.1) is 11.6 Å². The Bertz CT molecular complexity index is 776. The van der Waals surface area contributed by atoms with Crippen LogP contribution in [0.25, 0.3) is 11.1 Å². The maximum Gasteiger partial charge on any atom is 0.400 e. The summed E-state index contributed by atoms with van der Waals surface area (Å²) in [4.78, 5) is -0.249. The Hall–Kier alpha value is -0.800. The molecule has 0 aliphatic heterocycles. The molecule has 2 rings (SSSR count). The lowest BCUT2D eigenvalue weighted by molar-refractivity contribution is -0.105. The molecule has 0 heterocycles. The van der Waals surface area contributed by atoms with Crippen LogP contribution in [0.5, 0.6) is 0 Å². The van der Waals surface area contributed by atoms with E-state index >= 15 is 0 Å². The van der Waals surface area contributed by atoms with Gasteiger partial charge >= 0.3 is 6.18 Å². The minimum absolute atomic E-state index is 0.0705. The zero-order valence-electron chi connectivity index (χ0n) is 11.1. The van der Waals surface area contributed by atoms with Crippen molar-refractivity contribution < 1.29 is 26.2 Å². The van der Waals surface area contributed by atoms with Crippen LogP contribution < -0.4 is 0 Å². The second-order valence-electron chi connectivity index (χ2n) is 4.49. The molecule has 0 bridgehead atoms. The van der Waals surface area contributed by atoms with E-state index in [0.717, 1.165) is 18.2 Å². The van der Waals surface area contributed by atoms with E-state index in [9.17, 15) is 26.2 Å². The number of hydrogen-bond acceptors (Lipinski definition) is 1. The third-order valence-corrected chi connectivity index (χ3v) is 5.61. The Morgan fingerprint density at radius 1 is 0.957 bits per heavy atom. The van der Waals surface area contributed by atoms with Crippen molar-refractivity contribution in [3.05, 3.63) is 50.9 Å². The summed E-state index contributed by atoms with van der Waals surface area (Å²) in [7, 11) is -2.44. The van der Waals surface area contributed by atoms with Crippen molar-refractivity contribution >= 4 is 42.7 Å². The van der Waals surface area contributed by atoms with Crippen LogP contribution in [-0.4, -0.2) is 16.1 Å². The minimum Gasteiger partial charge on any atom is -0.254 e. The van der Waals surface area contributed by atoms with E-state index in [4.69, 9.17) is 0 Å². The summed E-state index contributed by atoms with van der Waals surface area (Å²) < 4.78 is 77.4. The predicted octanol–water partition coefficient (Wildman–Crippen LogP) is 5.83. The fourth-order valence-electron chi connectivity index (χ4n) is 1.84. The van der Waals surface area contributed by atoms with E-state index < -0.39 is 34.4 Å². The Morgan fingerprint density at radius 2 is 1.57 bits per heavy atom. The van der Waals surface area contributed by atoms with Crippen LogP contribution >= 0.6 is 31.9 Å². The number of benzene rings is 2. The highest BCUT2D eigenvalue weighted by Crippen LogP contribution is 2.34. The highest BCUT2D eigenvalue weighted by Gasteiger charge is 2.32. The lowest BCUT2D eigenvalue weighted by Crippen LogP contribution is -2.18. The van der Waals surface area contributed by atoms with Gasteiger partial charge in [-0.05, 0) is 40.2 Å². The molecule has 124 valence electrons. The molecule has 0 spiro atoms. The molecule has 0 unspecified atom stereocenters. The van der Waals surface area contributed by atoms with Gasteiger partial charge in [0.15, 0.2) is 0 Å². The lowest BCUT2D eigenvalue weighted by atomic mass is 10.0. The largest absolute Gasteiger partial charge is 0.400 e. The summed E-state index contributed by atoms with van der Waals surface area (Å²) in [5, 5.41) is 0. The summed E-state index contributed by atoms with van der Waals surface area (Å²) in [5.74, 6) is -3.17. The van der Waals surface area contributed by atoms with E-state index in [1.807, 2.05) is 0 Å². The monoisotopic (exact) mass is 476 g/mol. The van der Waals surface area contributed by atoms with Gasteiger partial charge in [-0.1, -0.05) is 22.0 Å². The third kappa shape index (κ3) is 4.60. The van der Waals surface area contributed by atoms with Crippen LogP contribution in [-0.2, 0) is 10.8 Å². The van der Waals surface area contributed by atoms with Gasteiger partial charge in [-0.3, -0.25) is 4.21 Å². The van der Waals surface area contributed by atoms with Gasteiger partial charge in [-0.25, -0.2) is 8.78 Å². The van der Waals surface area contributed by atoms with Crippen molar-refractivity contribution in [2.75, 3.05) is 5.75 Å². The first-order valence-electron chi connectivity index (χ1n) is 5.98. The molecule has 0 N–H and O–H groups in total. The van der Waals surface area contributed by atoms with Gasteiger partial charge < -0.3 is 0 Å². The number of alkyl halides is 3.